The Morgan fingerprint density at radius 3 is 2.29 bits per heavy atom. The summed E-state index contributed by atoms with van der Waals surface area (Å²) in [7, 11) is 0. The second-order valence-electron chi connectivity index (χ2n) is 5.62. The molecule has 6 heteroatoms. The average Bonchev–Trinajstić information content (AvgIpc) is 2.54. The van der Waals surface area contributed by atoms with Crippen molar-refractivity contribution in [2.45, 2.75) is 51.8 Å². The number of aryl methyl sites for hydroxylation is 1. The number of aromatic nitrogens is 2. The number of ether oxygens (including phenoxy) is 1. The first-order valence-electron chi connectivity index (χ1n) is 8.15. The van der Waals surface area contributed by atoms with Crippen LogP contribution in [0.15, 0.2) is 36.7 Å². The predicted molar refractivity (Wildman–Crippen MR) is 86.6 cm³/mol. The molecule has 0 bridgehead atoms. The Morgan fingerprint density at radius 1 is 0.958 bits per heavy atom. The minimum atomic E-state index is -4.74. The minimum absolute atomic E-state index is 0.226. The number of halogens is 3. The van der Waals surface area contributed by atoms with Crippen molar-refractivity contribution in [3.63, 3.8) is 0 Å². The van der Waals surface area contributed by atoms with Crippen LogP contribution in [0.25, 0.3) is 11.4 Å². The van der Waals surface area contributed by atoms with Gasteiger partial charge >= 0.3 is 6.36 Å². The molecule has 24 heavy (non-hydrogen) atoms. The van der Waals surface area contributed by atoms with E-state index in [0.717, 1.165) is 24.8 Å². The van der Waals surface area contributed by atoms with E-state index in [0.29, 0.717) is 0 Å². The Morgan fingerprint density at radius 2 is 1.62 bits per heavy atom. The van der Waals surface area contributed by atoms with E-state index in [1.54, 1.807) is 18.5 Å². The van der Waals surface area contributed by atoms with Crippen molar-refractivity contribution in [3.8, 4) is 17.1 Å². The molecular weight excluding hydrogens is 317 g/mol. The summed E-state index contributed by atoms with van der Waals surface area (Å²) in [4.78, 5) is 8.39. The van der Waals surface area contributed by atoms with Crippen LogP contribution >= 0.6 is 0 Å². The highest BCUT2D eigenvalue weighted by Crippen LogP contribution is 2.31. The SMILES string of the molecule is CCCCCCCc1cnc(-c2ccccc2OC(F)(F)F)nc1. The van der Waals surface area contributed by atoms with Crippen LogP contribution in [-0.4, -0.2) is 16.3 Å². The van der Waals surface area contributed by atoms with E-state index in [1.807, 2.05) is 0 Å². The lowest BCUT2D eigenvalue weighted by atomic mass is 10.1. The second kappa shape index (κ2) is 8.66. The Labute approximate surface area is 139 Å². The van der Waals surface area contributed by atoms with Gasteiger partial charge in [-0.25, -0.2) is 9.97 Å². The minimum Gasteiger partial charge on any atom is -0.405 e. The van der Waals surface area contributed by atoms with E-state index in [1.165, 1.54) is 37.5 Å². The molecule has 1 aromatic carbocycles. The van der Waals surface area contributed by atoms with Crippen LogP contribution in [0.2, 0.25) is 0 Å². The summed E-state index contributed by atoms with van der Waals surface area (Å²) in [5, 5.41) is 0. The van der Waals surface area contributed by atoms with Gasteiger partial charge in [0, 0.05) is 12.4 Å². The number of para-hydroxylation sites is 1. The maximum atomic E-state index is 12.5. The van der Waals surface area contributed by atoms with Crippen molar-refractivity contribution in [2.24, 2.45) is 0 Å². The number of benzene rings is 1. The fraction of sp³-hybridized carbons (Fsp3) is 0.444. The molecule has 0 saturated carbocycles. The van der Waals surface area contributed by atoms with Gasteiger partial charge in [-0.1, -0.05) is 44.7 Å². The average molecular weight is 338 g/mol. The van der Waals surface area contributed by atoms with Crippen LogP contribution < -0.4 is 4.74 Å². The summed E-state index contributed by atoms with van der Waals surface area (Å²) in [5.41, 5.74) is 1.22. The van der Waals surface area contributed by atoms with Crippen LogP contribution in [0.3, 0.4) is 0 Å². The molecule has 0 unspecified atom stereocenters. The van der Waals surface area contributed by atoms with Crippen molar-refractivity contribution in [1.82, 2.24) is 9.97 Å². The predicted octanol–water partition coefficient (Wildman–Crippen LogP) is 5.56. The lowest BCUT2D eigenvalue weighted by Crippen LogP contribution is -2.17. The molecule has 2 aromatic rings. The van der Waals surface area contributed by atoms with Gasteiger partial charge in [0.2, 0.25) is 0 Å². The van der Waals surface area contributed by atoms with E-state index in [-0.39, 0.29) is 17.1 Å². The smallest absolute Gasteiger partial charge is 0.405 e. The third-order valence-corrected chi connectivity index (χ3v) is 3.63. The molecular formula is C18H21F3N2O. The highest BCUT2D eigenvalue weighted by atomic mass is 19.4. The largest absolute Gasteiger partial charge is 0.573 e. The van der Waals surface area contributed by atoms with Gasteiger partial charge in [0.05, 0.1) is 5.56 Å². The van der Waals surface area contributed by atoms with E-state index in [9.17, 15) is 13.2 Å². The Bertz CT molecular complexity index is 627. The van der Waals surface area contributed by atoms with Crippen molar-refractivity contribution < 1.29 is 17.9 Å². The second-order valence-corrected chi connectivity index (χ2v) is 5.62. The molecule has 3 nitrogen and oxygen atoms in total. The van der Waals surface area contributed by atoms with Gasteiger partial charge in [0.25, 0.3) is 0 Å². The molecule has 1 heterocycles. The normalized spacial score (nSPS) is 11.5. The zero-order valence-electron chi connectivity index (χ0n) is 13.6. The first-order chi connectivity index (χ1) is 11.5. The summed E-state index contributed by atoms with van der Waals surface area (Å²) in [5.74, 6) is -0.0677. The summed E-state index contributed by atoms with van der Waals surface area (Å²) < 4.78 is 41.4. The highest BCUT2D eigenvalue weighted by molar-refractivity contribution is 5.63. The molecule has 0 fully saturated rings. The standard InChI is InChI=1S/C18H21F3N2O/c1-2-3-4-5-6-9-14-12-22-17(23-13-14)15-10-7-8-11-16(15)24-18(19,20)21/h7-8,10-13H,2-6,9H2,1H3. The van der Waals surface area contributed by atoms with Gasteiger partial charge in [0.15, 0.2) is 5.82 Å². The van der Waals surface area contributed by atoms with Crippen molar-refractivity contribution in [3.05, 3.63) is 42.2 Å². The summed E-state index contributed by atoms with van der Waals surface area (Å²) in [6, 6.07) is 5.88. The Hall–Kier alpha value is -2.11. The first kappa shape index (κ1) is 18.2. The number of unbranched alkanes of at least 4 members (excludes halogenated alkanes) is 4. The molecule has 0 atom stereocenters. The van der Waals surface area contributed by atoms with Gasteiger partial charge in [-0.2, -0.15) is 0 Å². The zero-order valence-corrected chi connectivity index (χ0v) is 13.6. The molecule has 2 rings (SSSR count). The van der Waals surface area contributed by atoms with Crippen LogP contribution in [-0.2, 0) is 6.42 Å². The highest BCUT2D eigenvalue weighted by Gasteiger charge is 2.32. The Kier molecular flexibility index (Phi) is 6.58. The van der Waals surface area contributed by atoms with Crippen LogP contribution in [0.5, 0.6) is 5.75 Å². The molecule has 0 spiro atoms. The van der Waals surface area contributed by atoms with Gasteiger partial charge in [-0.3, -0.25) is 0 Å². The van der Waals surface area contributed by atoms with E-state index in [4.69, 9.17) is 0 Å². The number of hydrogen-bond acceptors (Lipinski definition) is 3. The third kappa shape index (κ3) is 5.83. The van der Waals surface area contributed by atoms with Crippen molar-refractivity contribution in [1.29, 1.82) is 0 Å². The maximum absolute atomic E-state index is 12.5. The van der Waals surface area contributed by atoms with E-state index in [2.05, 4.69) is 21.6 Å². The maximum Gasteiger partial charge on any atom is 0.573 e. The Balaban J connectivity index is 2.03. The molecule has 130 valence electrons. The quantitative estimate of drug-likeness (QED) is 0.592. The molecule has 0 aliphatic rings. The van der Waals surface area contributed by atoms with Crippen molar-refractivity contribution >= 4 is 0 Å². The van der Waals surface area contributed by atoms with Gasteiger partial charge < -0.3 is 4.74 Å². The fourth-order valence-corrected chi connectivity index (χ4v) is 2.42. The van der Waals surface area contributed by atoms with E-state index < -0.39 is 6.36 Å². The molecule has 0 radical (unpaired) electrons. The topological polar surface area (TPSA) is 35.0 Å². The van der Waals surface area contributed by atoms with Crippen LogP contribution in [0, 0.1) is 0 Å². The summed E-state index contributed by atoms with van der Waals surface area (Å²) in [6.45, 7) is 2.17. The van der Waals surface area contributed by atoms with Crippen molar-refractivity contribution in [2.75, 3.05) is 0 Å². The van der Waals surface area contributed by atoms with Gasteiger partial charge in [0.1, 0.15) is 5.75 Å². The molecule has 0 N–H and O–H groups in total. The number of alkyl halides is 3. The molecule has 0 aliphatic carbocycles. The summed E-state index contributed by atoms with van der Waals surface area (Å²) >= 11 is 0. The third-order valence-electron chi connectivity index (χ3n) is 3.63. The van der Waals surface area contributed by atoms with Gasteiger partial charge in [-0.15, -0.1) is 13.2 Å². The molecule has 0 amide bonds. The fourth-order valence-electron chi connectivity index (χ4n) is 2.42. The lowest BCUT2D eigenvalue weighted by Gasteiger charge is -2.12. The molecule has 0 saturated heterocycles. The van der Waals surface area contributed by atoms with E-state index >= 15 is 0 Å². The molecule has 0 aliphatic heterocycles. The van der Waals surface area contributed by atoms with Crippen LogP contribution in [0.1, 0.15) is 44.6 Å². The lowest BCUT2D eigenvalue weighted by molar-refractivity contribution is -0.274. The zero-order chi connectivity index (χ0) is 17.4. The monoisotopic (exact) mass is 338 g/mol. The van der Waals surface area contributed by atoms with Gasteiger partial charge in [-0.05, 0) is 30.5 Å². The number of hydrogen-bond donors (Lipinski definition) is 0. The number of rotatable bonds is 8. The number of nitrogens with zero attached hydrogens (tertiary/aromatic N) is 2. The molecule has 1 aromatic heterocycles. The first-order valence-corrected chi connectivity index (χ1v) is 8.15. The summed E-state index contributed by atoms with van der Waals surface area (Å²) in [6.07, 6.45) is 5.38. The van der Waals surface area contributed by atoms with Crippen LogP contribution in [0.4, 0.5) is 13.2 Å².